The lowest BCUT2D eigenvalue weighted by atomic mass is 9.89. The van der Waals surface area contributed by atoms with Gasteiger partial charge in [0.2, 0.25) is 29.5 Å². The van der Waals surface area contributed by atoms with E-state index in [1.807, 2.05) is 37.3 Å². The minimum absolute atomic E-state index is 0.0965. The molecule has 0 bridgehead atoms. The van der Waals surface area contributed by atoms with E-state index in [2.05, 4.69) is 31.2 Å². The Balaban J connectivity index is 1.76. The molecule has 5 amide bonds. The quantitative estimate of drug-likeness (QED) is 0.0352. The van der Waals surface area contributed by atoms with Crippen molar-refractivity contribution in [2.45, 2.75) is 110 Å². The molecule has 3 rings (SSSR count). The fraction of sp³-hybridized carbons (Fsp3) is 0.476. The monoisotopic (exact) mass is 801 g/mol. The summed E-state index contributed by atoms with van der Waals surface area (Å²) >= 11 is 0. The van der Waals surface area contributed by atoms with E-state index in [4.69, 9.17) is 17.2 Å². The van der Waals surface area contributed by atoms with Crippen molar-refractivity contribution in [3.63, 3.8) is 0 Å². The number of nitrogens with two attached hydrogens (primary N) is 3. The van der Waals surface area contributed by atoms with E-state index >= 15 is 0 Å². The molecule has 0 saturated carbocycles. The number of fused-ring (bicyclic) bond motifs is 1. The second-order valence-electron chi connectivity index (χ2n) is 14.8. The summed E-state index contributed by atoms with van der Waals surface area (Å²) in [5, 5.41) is 11.7. The van der Waals surface area contributed by atoms with Crippen LogP contribution in [0, 0.1) is 11.8 Å². The summed E-state index contributed by atoms with van der Waals surface area (Å²) in [6.45, 7) is 6.43. The lowest BCUT2D eigenvalue weighted by Gasteiger charge is -2.25. The van der Waals surface area contributed by atoms with E-state index in [1.165, 1.54) is 20.8 Å². The van der Waals surface area contributed by atoms with Crippen molar-refractivity contribution in [1.29, 1.82) is 0 Å². The molecule has 16 heteroatoms. The van der Waals surface area contributed by atoms with Crippen LogP contribution in [0.2, 0.25) is 0 Å². The zero-order valence-corrected chi connectivity index (χ0v) is 33.8. The summed E-state index contributed by atoms with van der Waals surface area (Å²) in [7, 11) is 0. The minimum atomic E-state index is -1.09. The molecule has 0 aliphatic carbocycles. The Hall–Kier alpha value is -6.06. The Morgan fingerprint density at radius 2 is 1.34 bits per heavy atom. The number of primary amides is 1. The fourth-order valence-electron chi connectivity index (χ4n) is 6.62. The van der Waals surface area contributed by atoms with Crippen molar-refractivity contribution in [2.24, 2.45) is 34.0 Å². The van der Waals surface area contributed by atoms with E-state index in [9.17, 15) is 33.6 Å². The van der Waals surface area contributed by atoms with Crippen LogP contribution < -0.4 is 38.5 Å². The number of amides is 5. The molecule has 58 heavy (non-hydrogen) atoms. The smallest absolute Gasteiger partial charge is 0.243 e. The second-order valence-corrected chi connectivity index (χ2v) is 14.8. The minimum Gasteiger partial charge on any atom is -0.370 e. The standard InChI is InChI=1S/C42H59N9O7/c1-5-6-17-34(50-27(4)52)41(58)49-26(3)39(56)51-35(20-28-13-8-7-9-14-28)37(54)22-29(15-12-19-46-42(44)45)40(57)48-25(2)36(53)23-30(38(43)55)21-31-24-47-33-18-11-10-16-32(31)33/h7-11,13-14,16,18,24-26,29-30,34-35,47H,5-6,12,15,17,19-23H2,1-4H3,(H2,43,55)(H,48,57)(H,49,58)(H,50,52)(H,51,56)(H4,44,45,46)/t25-,26-,29+,30+,34-,35+/m0/s1. The Bertz CT molecular complexity index is 1910. The molecule has 0 saturated heterocycles. The first-order valence-electron chi connectivity index (χ1n) is 19.8. The number of nitrogens with zero attached hydrogens (tertiary/aromatic N) is 1. The van der Waals surface area contributed by atoms with Crippen LogP contribution in [0.15, 0.2) is 65.8 Å². The van der Waals surface area contributed by atoms with E-state index in [1.54, 1.807) is 30.5 Å². The van der Waals surface area contributed by atoms with Gasteiger partial charge in [-0.15, -0.1) is 0 Å². The molecule has 6 atom stereocenters. The molecule has 0 spiro atoms. The van der Waals surface area contributed by atoms with E-state index in [0.29, 0.717) is 19.3 Å². The van der Waals surface area contributed by atoms with Crippen LogP contribution in [0.25, 0.3) is 10.9 Å². The van der Waals surface area contributed by atoms with Crippen molar-refractivity contribution in [1.82, 2.24) is 26.3 Å². The molecular weight excluding hydrogens is 743 g/mol. The maximum Gasteiger partial charge on any atom is 0.243 e. The summed E-state index contributed by atoms with van der Waals surface area (Å²) in [6, 6.07) is 12.6. The predicted octanol–water partition coefficient (Wildman–Crippen LogP) is 1.83. The lowest BCUT2D eigenvalue weighted by molar-refractivity contribution is -0.135. The van der Waals surface area contributed by atoms with Crippen LogP contribution in [0.3, 0.4) is 0 Å². The van der Waals surface area contributed by atoms with Crippen molar-refractivity contribution in [2.75, 3.05) is 6.54 Å². The largest absolute Gasteiger partial charge is 0.370 e. The molecule has 3 aromatic rings. The van der Waals surface area contributed by atoms with Gasteiger partial charge in [0.25, 0.3) is 0 Å². The van der Waals surface area contributed by atoms with Gasteiger partial charge in [0.05, 0.1) is 12.1 Å². The number of Topliss-reactive ketones (excluding diaryl/α,β-unsaturated/α-hetero) is 2. The van der Waals surface area contributed by atoms with Crippen LogP contribution in [0.5, 0.6) is 0 Å². The third kappa shape index (κ3) is 15.1. The average molecular weight is 802 g/mol. The zero-order chi connectivity index (χ0) is 42.8. The van der Waals surface area contributed by atoms with Crippen LogP contribution in [-0.2, 0) is 46.4 Å². The van der Waals surface area contributed by atoms with Gasteiger partial charge >= 0.3 is 0 Å². The number of hydrogen-bond donors (Lipinski definition) is 8. The Morgan fingerprint density at radius 1 is 0.690 bits per heavy atom. The third-order valence-corrected chi connectivity index (χ3v) is 9.94. The van der Waals surface area contributed by atoms with Gasteiger partial charge in [0.15, 0.2) is 17.5 Å². The average Bonchev–Trinajstić information content (AvgIpc) is 3.59. The normalized spacial score (nSPS) is 14.1. The van der Waals surface area contributed by atoms with Crippen molar-refractivity contribution in [3.8, 4) is 0 Å². The van der Waals surface area contributed by atoms with Crippen LogP contribution >= 0.6 is 0 Å². The first kappa shape index (κ1) is 46.3. The second kappa shape index (κ2) is 23.2. The summed E-state index contributed by atoms with van der Waals surface area (Å²) in [4.78, 5) is 99.3. The highest BCUT2D eigenvalue weighted by Gasteiger charge is 2.32. The van der Waals surface area contributed by atoms with E-state index < -0.39 is 71.2 Å². The predicted molar refractivity (Wildman–Crippen MR) is 222 cm³/mol. The molecule has 11 N–H and O–H groups in total. The number of carbonyl (C=O) groups is 7. The maximum absolute atomic E-state index is 14.1. The summed E-state index contributed by atoms with van der Waals surface area (Å²) in [5.74, 6) is -5.54. The Morgan fingerprint density at radius 3 is 2.00 bits per heavy atom. The van der Waals surface area contributed by atoms with Gasteiger partial charge in [-0.3, -0.25) is 38.6 Å². The number of ketones is 2. The van der Waals surface area contributed by atoms with Gasteiger partial charge in [-0.25, -0.2) is 0 Å². The first-order chi connectivity index (χ1) is 27.6. The first-order valence-corrected chi connectivity index (χ1v) is 19.8. The van der Waals surface area contributed by atoms with Crippen molar-refractivity contribution < 1.29 is 33.6 Å². The highest BCUT2D eigenvalue weighted by molar-refractivity contribution is 5.97. The number of H-pyrrole nitrogens is 1. The molecule has 0 unspecified atom stereocenters. The third-order valence-electron chi connectivity index (χ3n) is 9.94. The number of benzene rings is 2. The van der Waals surface area contributed by atoms with E-state index in [-0.39, 0.29) is 50.5 Å². The molecule has 2 aromatic carbocycles. The highest BCUT2D eigenvalue weighted by Crippen LogP contribution is 2.23. The number of aromatic nitrogens is 1. The number of carbonyl (C=O) groups excluding carboxylic acids is 7. The Labute approximate surface area is 339 Å². The number of nitrogens with one attached hydrogen (secondary N) is 5. The van der Waals surface area contributed by atoms with Crippen molar-refractivity contribution >= 4 is 58.0 Å². The summed E-state index contributed by atoms with van der Waals surface area (Å²) < 4.78 is 0. The maximum atomic E-state index is 14.1. The molecule has 16 nitrogen and oxygen atoms in total. The number of para-hydroxylation sites is 1. The van der Waals surface area contributed by atoms with Crippen LogP contribution in [0.1, 0.15) is 83.8 Å². The molecule has 0 radical (unpaired) electrons. The number of hydrogen-bond acceptors (Lipinski definition) is 8. The molecule has 0 aliphatic heterocycles. The molecule has 1 heterocycles. The number of aliphatic imine (C=N–C) groups is 1. The number of rotatable bonds is 25. The van der Waals surface area contributed by atoms with Gasteiger partial charge in [-0.2, -0.15) is 0 Å². The van der Waals surface area contributed by atoms with Crippen molar-refractivity contribution in [3.05, 3.63) is 71.9 Å². The zero-order valence-electron chi connectivity index (χ0n) is 33.8. The molecule has 314 valence electrons. The molecular formula is C42H59N9O7. The van der Waals surface area contributed by atoms with Gasteiger partial charge in [0.1, 0.15) is 12.1 Å². The van der Waals surface area contributed by atoms with Gasteiger partial charge in [-0.05, 0) is 63.1 Å². The van der Waals surface area contributed by atoms with Crippen LogP contribution in [0.4, 0.5) is 0 Å². The van der Waals surface area contributed by atoms with Gasteiger partial charge in [0, 0.05) is 55.2 Å². The van der Waals surface area contributed by atoms with Crippen LogP contribution in [-0.4, -0.2) is 82.8 Å². The number of aromatic amines is 1. The summed E-state index contributed by atoms with van der Waals surface area (Å²) in [6.07, 6.45) is 3.94. The van der Waals surface area contributed by atoms with Gasteiger partial charge < -0.3 is 43.5 Å². The topological polar surface area (TPSA) is 274 Å². The fourth-order valence-corrected chi connectivity index (χ4v) is 6.62. The summed E-state index contributed by atoms with van der Waals surface area (Å²) in [5.41, 5.74) is 19.2. The molecule has 1 aromatic heterocycles. The Kier molecular flexibility index (Phi) is 18.6. The lowest BCUT2D eigenvalue weighted by Crippen LogP contribution is -2.55. The highest BCUT2D eigenvalue weighted by atomic mass is 16.2. The van der Waals surface area contributed by atoms with Gasteiger partial charge in [-0.1, -0.05) is 68.3 Å². The van der Waals surface area contributed by atoms with E-state index in [0.717, 1.165) is 28.5 Å². The number of unbranched alkanes of at least 4 members (excludes halogenated alkanes) is 1. The molecule has 0 aliphatic rings. The molecule has 0 fully saturated rings. The number of guanidine groups is 1. The SMILES string of the molecule is CCCC[C@H](NC(C)=O)C(=O)N[C@@H](C)C(=O)N[C@H](Cc1ccccc1)C(=O)C[C@@H](CCCN=C(N)N)C(=O)N[C@@H](C)C(=O)C[C@@H](Cc1c[nH]c2ccccc12)C(N)=O.